The number of fused-ring (bicyclic) bond motifs is 3. The van der Waals surface area contributed by atoms with Crippen LogP contribution >= 0.6 is 11.6 Å². The van der Waals surface area contributed by atoms with E-state index in [0.717, 1.165) is 41.5 Å². The minimum Gasteiger partial charge on any atom is -0.352 e. The average Bonchev–Trinajstić information content (AvgIpc) is 3.25. The summed E-state index contributed by atoms with van der Waals surface area (Å²) < 4.78 is 21.1. The quantitative estimate of drug-likeness (QED) is 0.406. The lowest BCUT2D eigenvalue weighted by atomic mass is 9.58. The van der Waals surface area contributed by atoms with Gasteiger partial charge in [0.15, 0.2) is 18.2 Å². The highest BCUT2D eigenvalue weighted by atomic mass is 35.5. The van der Waals surface area contributed by atoms with Gasteiger partial charge in [0.05, 0.1) is 29.7 Å². The summed E-state index contributed by atoms with van der Waals surface area (Å²) in [5.74, 6) is 0.469. The van der Waals surface area contributed by atoms with E-state index < -0.39 is 17.7 Å². The SMILES string of the molecule is C[C@H]1[C@@H](OCCc2cn(-c3ccnc4cc(Cl)ccc34)nn2)O[C@@H]2O[C@@]3(C)CC[C@H]4[C@H](C)CC[C@@H]1[C@@]24OO3. The molecule has 9 nitrogen and oxygen atoms in total. The maximum atomic E-state index is 6.52. The maximum absolute atomic E-state index is 6.52. The molecule has 6 heterocycles. The van der Waals surface area contributed by atoms with Crippen LogP contribution in [0, 0.1) is 23.7 Å². The van der Waals surface area contributed by atoms with Gasteiger partial charge in [-0.2, -0.15) is 0 Å². The summed E-state index contributed by atoms with van der Waals surface area (Å²) in [7, 11) is 0. The van der Waals surface area contributed by atoms with Crippen LogP contribution in [0.2, 0.25) is 5.02 Å². The first-order chi connectivity index (χ1) is 18.4. The van der Waals surface area contributed by atoms with Crippen molar-refractivity contribution in [1.29, 1.82) is 0 Å². The molecule has 1 spiro atoms. The zero-order chi connectivity index (χ0) is 26.1. The molecule has 0 unspecified atom stereocenters. The highest BCUT2D eigenvalue weighted by molar-refractivity contribution is 6.31. The van der Waals surface area contributed by atoms with Crippen LogP contribution in [0.1, 0.15) is 52.1 Å². The summed E-state index contributed by atoms with van der Waals surface area (Å²) in [6.45, 7) is 6.92. The van der Waals surface area contributed by atoms with Crippen molar-refractivity contribution in [3.8, 4) is 5.69 Å². The number of ether oxygens (including phenoxy) is 3. The van der Waals surface area contributed by atoms with E-state index in [-0.39, 0.29) is 18.1 Å². The highest BCUT2D eigenvalue weighted by Crippen LogP contribution is 2.60. The predicted octanol–water partition coefficient (Wildman–Crippen LogP) is 5.24. The normalized spacial score (nSPS) is 38.2. The Morgan fingerprint density at radius 2 is 2.03 bits per heavy atom. The molecule has 0 amide bonds. The Labute approximate surface area is 226 Å². The van der Waals surface area contributed by atoms with Crippen LogP contribution in [0.3, 0.4) is 0 Å². The Hall–Kier alpha value is -2.14. The van der Waals surface area contributed by atoms with Gasteiger partial charge in [-0.1, -0.05) is 30.7 Å². The molecule has 0 radical (unpaired) electrons. The number of aromatic nitrogens is 4. The van der Waals surface area contributed by atoms with E-state index in [1.807, 2.05) is 37.4 Å². The topological polar surface area (TPSA) is 89.8 Å². The molecule has 3 aromatic rings. The Bertz CT molecular complexity index is 1350. The average molecular weight is 541 g/mol. The summed E-state index contributed by atoms with van der Waals surface area (Å²) in [4.78, 5) is 16.5. The molecule has 38 heavy (non-hydrogen) atoms. The number of benzene rings is 1. The molecule has 1 aromatic carbocycles. The molecular formula is C28H33ClN4O5. The van der Waals surface area contributed by atoms with Crippen LogP contribution in [-0.4, -0.2) is 50.6 Å². The Kier molecular flexibility index (Phi) is 6.03. The smallest absolute Gasteiger partial charge is 0.201 e. The van der Waals surface area contributed by atoms with Crippen molar-refractivity contribution in [3.05, 3.63) is 47.4 Å². The zero-order valence-corrected chi connectivity index (χ0v) is 22.6. The minimum atomic E-state index is -0.788. The van der Waals surface area contributed by atoms with E-state index in [4.69, 9.17) is 35.6 Å². The Morgan fingerprint density at radius 1 is 1.13 bits per heavy atom. The fraction of sp³-hybridized carbons (Fsp3) is 0.607. The molecule has 1 saturated carbocycles. The fourth-order valence-electron chi connectivity index (χ4n) is 7.18. The van der Waals surface area contributed by atoms with Crippen molar-refractivity contribution < 1.29 is 24.0 Å². The second-order valence-electron chi connectivity index (χ2n) is 11.5. The van der Waals surface area contributed by atoms with Gasteiger partial charge in [0.1, 0.15) is 0 Å². The maximum Gasteiger partial charge on any atom is 0.201 e. The van der Waals surface area contributed by atoms with E-state index in [9.17, 15) is 0 Å². The summed E-state index contributed by atoms with van der Waals surface area (Å²) in [6, 6.07) is 7.57. The van der Waals surface area contributed by atoms with E-state index in [2.05, 4.69) is 29.1 Å². The number of halogens is 1. The van der Waals surface area contributed by atoms with E-state index in [1.165, 1.54) is 6.42 Å². The lowest BCUT2D eigenvalue weighted by Crippen LogP contribution is -2.70. The second kappa shape index (κ2) is 9.21. The third-order valence-electron chi connectivity index (χ3n) is 9.21. The first-order valence-corrected chi connectivity index (χ1v) is 14.0. The first kappa shape index (κ1) is 24.9. The molecule has 1 aliphatic carbocycles. The lowest BCUT2D eigenvalue weighted by Gasteiger charge is -2.60. The van der Waals surface area contributed by atoms with Gasteiger partial charge >= 0.3 is 0 Å². The molecule has 202 valence electrons. The summed E-state index contributed by atoms with van der Waals surface area (Å²) >= 11 is 6.14. The van der Waals surface area contributed by atoms with E-state index in [0.29, 0.717) is 29.9 Å². The zero-order valence-electron chi connectivity index (χ0n) is 21.9. The minimum absolute atomic E-state index is 0.140. The van der Waals surface area contributed by atoms with Crippen LogP contribution in [0.5, 0.6) is 0 Å². The Morgan fingerprint density at radius 3 is 2.92 bits per heavy atom. The van der Waals surface area contributed by atoms with Crippen LogP contribution < -0.4 is 0 Å². The monoisotopic (exact) mass is 540 g/mol. The number of nitrogens with zero attached hydrogens (tertiary/aromatic N) is 4. The molecule has 5 aliphatic rings. The van der Waals surface area contributed by atoms with Crippen molar-refractivity contribution in [1.82, 2.24) is 20.0 Å². The molecule has 2 bridgehead atoms. The molecule has 8 rings (SSSR count). The third-order valence-corrected chi connectivity index (χ3v) is 9.44. The highest BCUT2D eigenvalue weighted by Gasteiger charge is 2.69. The lowest BCUT2D eigenvalue weighted by molar-refractivity contribution is -0.577. The predicted molar refractivity (Wildman–Crippen MR) is 138 cm³/mol. The third kappa shape index (κ3) is 3.90. The number of rotatable bonds is 5. The van der Waals surface area contributed by atoms with Crippen molar-refractivity contribution in [3.63, 3.8) is 0 Å². The van der Waals surface area contributed by atoms with Crippen LogP contribution in [0.25, 0.3) is 16.6 Å². The standard InChI is InChI=1S/C28H33ClN4O5/c1-16-4-7-22-17(2)25(35-26-28(22)21(16)8-11-27(3,36-26)37-38-28)34-13-10-19-15-33(32-31-19)24-9-12-30-23-14-18(29)5-6-20(23)24/h5-6,9,12,14-17,21-22,25-26H,4,7-8,10-11,13H2,1-3H3/t16-,17-,21+,22+,25+,26-,27-,28-/m1/s1. The summed E-state index contributed by atoms with van der Waals surface area (Å²) in [6.07, 6.45) is 7.42. The van der Waals surface area contributed by atoms with E-state index in [1.54, 1.807) is 10.9 Å². The first-order valence-electron chi connectivity index (χ1n) is 13.6. The van der Waals surface area contributed by atoms with Gasteiger partial charge in [0.2, 0.25) is 5.79 Å². The fourth-order valence-corrected chi connectivity index (χ4v) is 7.35. The number of hydrogen-bond acceptors (Lipinski definition) is 8. The molecule has 4 aliphatic heterocycles. The van der Waals surface area contributed by atoms with Gasteiger partial charge in [0.25, 0.3) is 0 Å². The molecule has 4 saturated heterocycles. The summed E-state index contributed by atoms with van der Waals surface area (Å²) in [5.41, 5.74) is 1.98. The van der Waals surface area contributed by atoms with Crippen molar-refractivity contribution in [2.45, 2.75) is 76.8 Å². The largest absolute Gasteiger partial charge is 0.352 e. The van der Waals surface area contributed by atoms with Gasteiger partial charge < -0.3 is 14.2 Å². The molecule has 0 N–H and O–H groups in total. The molecule has 8 atom stereocenters. The van der Waals surface area contributed by atoms with Crippen molar-refractivity contribution in [2.24, 2.45) is 23.7 Å². The van der Waals surface area contributed by atoms with Gasteiger partial charge in [-0.25, -0.2) is 14.5 Å². The molecule has 10 heteroatoms. The molecule has 2 aromatic heterocycles. The van der Waals surface area contributed by atoms with Gasteiger partial charge in [-0.15, -0.1) is 5.10 Å². The molecular weight excluding hydrogens is 508 g/mol. The van der Waals surface area contributed by atoms with Crippen molar-refractivity contribution >= 4 is 22.5 Å². The number of pyridine rings is 1. The van der Waals surface area contributed by atoms with Gasteiger partial charge in [0, 0.05) is 41.3 Å². The summed E-state index contributed by atoms with van der Waals surface area (Å²) in [5, 5.41) is 10.3. The van der Waals surface area contributed by atoms with Gasteiger partial charge in [-0.3, -0.25) is 4.98 Å². The van der Waals surface area contributed by atoms with Crippen LogP contribution in [-0.2, 0) is 30.4 Å². The number of hydrogen-bond donors (Lipinski definition) is 0. The molecule has 5 fully saturated rings. The van der Waals surface area contributed by atoms with Crippen molar-refractivity contribution in [2.75, 3.05) is 6.61 Å². The second-order valence-corrected chi connectivity index (χ2v) is 12.0. The van der Waals surface area contributed by atoms with Gasteiger partial charge in [-0.05, 0) is 62.3 Å². The van der Waals surface area contributed by atoms with Crippen LogP contribution in [0.4, 0.5) is 0 Å². The van der Waals surface area contributed by atoms with E-state index >= 15 is 0 Å². The van der Waals surface area contributed by atoms with Crippen LogP contribution in [0.15, 0.2) is 36.7 Å². The Balaban J connectivity index is 1.06.